The average Bonchev–Trinajstić information content (AvgIpc) is 3.25. The molecule has 0 unspecified atom stereocenters. The molecule has 8 nitrogen and oxygen atoms in total. The number of hydrogen-bond acceptors (Lipinski definition) is 8. The molecule has 0 spiro atoms. The minimum Gasteiger partial charge on any atom is -0.493 e. The zero-order valence-corrected chi connectivity index (χ0v) is 19.3. The van der Waals surface area contributed by atoms with Crippen LogP contribution in [0.15, 0.2) is 59.1 Å². The van der Waals surface area contributed by atoms with Gasteiger partial charge in [0.25, 0.3) is 5.91 Å². The summed E-state index contributed by atoms with van der Waals surface area (Å²) in [5.74, 6) is 0.197. The zero-order valence-electron chi connectivity index (χ0n) is 18.5. The third-order valence-electron chi connectivity index (χ3n) is 4.49. The molecule has 1 N–H and O–H groups in total. The highest BCUT2D eigenvalue weighted by Gasteiger charge is 2.22. The number of esters is 1. The summed E-state index contributed by atoms with van der Waals surface area (Å²) in [7, 11) is 3.09. The number of methoxy groups -OCH3 is 2. The van der Waals surface area contributed by atoms with Gasteiger partial charge in [-0.15, -0.1) is 11.3 Å². The number of thiophene rings is 1. The highest BCUT2D eigenvalue weighted by molar-refractivity contribution is 7.15. The van der Waals surface area contributed by atoms with E-state index in [4.69, 9.17) is 19.0 Å². The largest absolute Gasteiger partial charge is 0.493 e. The molecule has 3 rings (SSSR count). The third kappa shape index (κ3) is 6.11. The Bertz CT molecular complexity index is 1130. The smallest absolute Gasteiger partial charge is 0.341 e. The van der Waals surface area contributed by atoms with Crippen LogP contribution < -0.4 is 14.8 Å². The molecule has 9 heteroatoms. The van der Waals surface area contributed by atoms with Gasteiger partial charge < -0.3 is 24.4 Å². The molecule has 2 aromatic carbocycles. The van der Waals surface area contributed by atoms with E-state index in [9.17, 15) is 9.59 Å². The molecule has 0 aliphatic heterocycles. The Morgan fingerprint density at radius 2 is 1.82 bits per heavy atom. The van der Waals surface area contributed by atoms with Crippen molar-refractivity contribution in [1.29, 1.82) is 0 Å². The number of oxime groups is 1. The van der Waals surface area contributed by atoms with Gasteiger partial charge in [0.2, 0.25) is 0 Å². The highest BCUT2D eigenvalue weighted by Crippen LogP contribution is 2.36. The van der Waals surface area contributed by atoms with Crippen LogP contribution in [0.5, 0.6) is 11.5 Å². The number of benzene rings is 2. The summed E-state index contributed by atoms with van der Waals surface area (Å²) in [5, 5.41) is 8.74. The molecule has 0 atom stereocenters. The van der Waals surface area contributed by atoms with Crippen molar-refractivity contribution in [3.05, 3.63) is 65.0 Å². The number of ether oxygens (including phenoxy) is 3. The van der Waals surface area contributed by atoms with Crippen LogP contribution in [0.1, 0.15) is 22.8 Å². The van der Waals surface area contributed by atoms with Crippen molar-refractivity contribution in [2.75, 3.05) is 32.8 Å². The van der Waals surface area contributed by atoms with Gasteiger partial charge in [0.15, 0.2) is 18.1 Å². The second-order valence-corrected chi connectivity index (χ2v) is 7.49. The molecule has 0 saturated carbocycles. The van der Waals surface area contributed by atoms with Crippen molar-refractivity contribution >= 4 is 34.4 Å². The maximum absolute atomic E-state index is 12.6. The number of rotatable bonds is 10. The first kappa shape index (κ1) is 23.8. The first-order chi connectivity index (χ1) is 16.1. The predicted octanol–water partition coefficient (Wildman–Crippen LogP) is 4.60. The van der Waals surface area contributed by atoms with Crippen LogP contribution in [0.2, 0.25) is 0 Å². The van der Waals surface area contributed by atoms with Crippen LogP contribution in [-0.2, 0) is 14.4 Å². The molecule has 0 saturated heterocycles. The average molecular weight is 469 g/mol. The van der Waals surface area contributed by atoms with E-state index in [1.807, 2.05) is 35.7 Å². The molecule has 0 aliphatic carbocycles. The summed E-state index contributed by atoms with van der Waals surface area (Å²) in [4.78, 5) is 30.1. The molecule has 0 bridgehead atoms. The quantitative estimate of drug-likeness (QED) is 0.265. The van der Waals surface area contributed by atoms with E-state index in [0.717, 1.165) is 5.56 Å². The number of carbonyl (C=O) groups is 2. The SMILES string of the molecule is CCOC(=O)c1c(-c2ccccc2)csc1NC(=O)CO/N=C/c1ccc(OC)c(OC)c1. The summed E-state index contributed by atoms with van der Waals surface area (Å²) >= 11 is 1.24. The maximum atomic E-state index is 12.6. The Hall–Kier alpha value is -3.85. The van der Waals surface area contributed by atoms with Crippen LogP contribution in [0.3, 0.4) is 0 Å². The first-order valence-corrected chi connectivity index (χ1v) is 11.0. The summed E-state index contributed by atoms with van der Waals surface area (Å²) in [6.07, 6.45) is 1.46. The van der Waals surface area contributed by atoms with E-state index < -0.39 is 11.9 Å². The van der Waals surface area contributed by atoms with Crippen LogP contribution in [0, 0.1) is 0 Å². The predicted molar refractivity (Wildman–Crippen MR) is 127 cm³/mol. The van der Waals surface area contributed by atoms with Gasteiger partial charge >= 0.3 is 5.97 Å². The van der Waals surface area contributed by atoms with Gasteiger partial charge in [0.1, 0.15) is 10.6 Å². The topological polar surface area (TPSA) is 95.5 Å². The molecule has 0 fully saturated rings. The molecule has 3 aromatic rings. The molecule has 0 aliphatic rings. The van der Waals surface area contributed by atoms with Crippen LogP contribution in [-0.4, -0.2) is 45.5 Å². The maximum Gasteiger partial charge on any atom is 0.341 e. The molecule has 1 heterocycles. The number of nitrogens with one attached hydrogen (secondary N) is 1. The van der Waals surface area contributed by atoms with E-state index in [-0.39, 0.29) is 13.2 Å². The number of amides is 1. The van der Waals surface area contributed by atoms with E-state index in [2.05, 4.69) is 10.5 Å². The van der Waals surface area contributed by atoms with Crippen molar-refractivity contribution < 1.29 is 28.6 Å². The van der Waals surface area contributed by atoms with Crippen molar-refractivity contribution in [2.45, 2.75) is 6.92 Å². The van der Waals surface area contributed by atoms with E-state index >= 15 is 0 Å². The fourth-order valence-electron chi connectivity index (χ4n) is 2.98. The summed E-state index contributed by atoms with van der Waals surface area (Å²) in [5.41, 5.74) is 2.58. The first-order valence-electron chi connectivity index (χ1n) is 10.1. The number of carbonyl (C=O) groups excluding carboxylic acids is 2. The number of anilines is 1. The van der Waals surface area contributed by atoms with Crippen LogP contribution in [0.4, 0.5) is 5.00 Å². The lowest BCUT2D eigenvalue weighted by Gasteiger charge is -2.08. The molecule has 1 amide bonds. The van der Waals surface area contributed by atoms with Gasteiger partial charge in [-0.25, -0.2) is 4.79 Å². The lowest BCUT2D eigenvalue weighted by Crippen LogP contribution is -2.18. The second-order valence-electron chi connectivity index (χ2n) is 6.61. The third-order valence-corrected chi connectivity index (χ3v) is 5.38. The minimum absolute atomic E-state index is 0.226. The van der Waals surface area contributed by atoms with Crippen LogP contribution >= 0.6 is 11.3 Å². The van der Waals surface area contributed by atoms with E-state index in [1.54, 1.807) is 32.2 Å². The molecule has 1 aromatic heterocycles. The minimum atomic E-state index is -0.500. The molecule has 172 valence electrons. The normalized spacial score (nSPS) is 10.6. The molecular formula is C24H24N2O6S. The Balaban J connectivity index is 1.66. The second kappa shape index (κ2) is 11.7. The molecule has 33 heavy (non-hydrogen) atoms. The van der Waals surface area contributed by atoms with Crippen molar-refractivity contribution in [3.8, 4) is 22.6 Å². The van der Waals surface area contributed by atoms with Crippen molar-refractivity contribution in [1.82, 2.24) is 0 Å². The zero-order chi connectivity index (χ0) is 23.6. The monoisotopic (exact) mass is 468 g/mol. The van der Waals surface area contributed by atoms with E-state index in [1.165, 1.54) is 24.7 Å². The van der Waals surface area contributed by atoms with Gasteiger partial charge in [-0.05, 0) is 30.7 Å². The Labute approximate surface area is 195 Å². The van der Waals surface area contributed by atoms with Gasteiger partial charge in [0, 0.05) is 16.5 Å². The Kier molecular flexibility index (Phi) is 8.43. The Morgan fingerprint density at radius 1 is 1.06 bits per heavy atom. The lowest BCUT2D eigenvalue weighted by molar-refractivity contribution is -0.120. The number of nitrogens with zero attached hydrogens (tertiary/aromatic N) is 1. The molecular weight excluding hydrogens is 444 g/mol. The summed E-state index contributed by atoms with van der Waals surface area (Å²) in [6, 6.07) is 14.7. The summed E-state index contributed by atoms with van der Waals surface area (Å²) < 4.78 is 15.6. The molecule has 0 radical (unpaired) electrons. The lowest BCUT2D eigenvalue weighted by atomic mass is 10.0. The fraction of sp³-hybridized carbons (Fsp3) is 0.208. The van der Waals surface area contributed by atoms with Gasteiger partial charge in [-0.2, -0.15) is 0 Å². The van der Waals surface area contributed by atoms with Crippen molar-refractivity contribution in [3.63, 3.8) is 0 Å². The van der Waals surface area contributed by atoms with Crippen LogP contribution in [0.25, 0.3) is 11.1 Å². The fourth-order valence-corrected chi connectivity index (χ4v) is 3.95. The standard InChI is InChI=1S/C24H24N2O6S/c1-4-31-24(28)22-18(17-8-6-5-7-9-17)15-33-23(22)26-21(27)14-32-25-13-16-10-11-19(29-2)20(12-16)30-3/h5-13,15H,4,14H2,1-3H3,(H,26,27)/b25-13+. The van der Waals surface area contributed by atoms with Gasteiger partial charge in [-0.1, -0.05) is 35.5 Å². The van der Waals surface area contributed by atoms with E-state index in [0.29, 0.717) is 33.2 Å². The summed E-state index contributed by atoms with van der Waals surface area (Å²) in [6.45, 7) is 1.63. The van der Waals surface area contributed by atoms with Gasteiger partial charge in [-0.3, -0.25) is 4.79 Å². The van der Waals surface area contributed by atoms with Crippen molar-refractivity contribution in [2.24, 2.45) is 5.16 Å². The number of hydrogen-bond donors (Lipinski definition) is 1. The highest BCUT2D eigenvalue weighted by atomic mass is 32.1. The van der Waals surface area contributed by atoms with Gasteiger partial charge in [0.05, 0.1) is 27.0 Å². The Morgan fingerprint density at radius 3 is 2.52 bits per heavy atom.